The maximum Gasteiger partial charge on any atom is 0.126 e. The molecule has 0 radical (unpaired) electrons. The van der Waals surface area contributed by atoms with E-state index in [1.54, 1.807) is 0 Å². The van der Waals surface area contributed by atoms with Gasteiger partial charge in [0.05, 0.1) is 0 Å². The first-order chi connectivity index (χ1) is 7.27. The fourth-order valence-corrected chi connectivity index (χ4v) is 1.22. The summed E-state index contributed by atoms with van der Waals surface area (Å²) in [5.41, 5.74) is 1.95. The van der Waals surface area contributed by atoms with Gasteiger partial charge in [0, 0.05) is 11.4 Å². The zero-order valence-electron chi connectivity index (χ0n) is 8.87. The van der Waals surface area contributed by atoms with Gasteiger partial charge in [-0.15, -0.1) is 11.6 Å². The summed E-state index contributed by atoms with van der Waals surface area (Å²) < 4.78 is 5.61. The molecule has 0 aromatic heterocycles. The smallest absolute Gasteiger partial charge is 0.126 e. The van der Waals surface area contributed by atoms with Gasteiger partial charge in [-0.05, 0) is 18.6 Å². The summed E-state index contributed by atoms with van der Waals surface area (Å²) in [5.74, 6) is 1.30. The van der Waals surface area contributed by atoms with Crippen molar-refractivity contribution in [2.45, 2.75) is 6.92 Å². The van der Waals surface area contributed by atoms with Gasteiger partial charge >= 0.3 is 0 Å². The van der Waals surface area contributed by atoms with Crippen LogP contribution in [-0.4, -0.2) is 12.5 Å². The third kappa shape index (κ3) is 3.80. The molecule has 2 heteroatoms. The van der Waals surface area contributed by atoms with Crippen molar-refractivity contribution in [2.75, 3.05) is 12.5 Å². The predicted octanol–water partition coefficient (Wildman–Crippen LogP) is 3.89. The monoisotopic (exact) mass is 222 g/mol. The largest absolute Gasteiger partial charge is 0.489 e. The number of alkyl halides is 1. The molecule has 1 rings (SSSR count). The Kier molecular flexibility index (Phi) is 4.99. The number of halogens is 1. The molecule has 0 atom stereocenters. The van der Waals surface area contributed by atoms with Crippen LogP contribution in [0.4, 0.5) is 0 Å². The predicted molar refractivity (Wildman–Crippen MR) is 66.5 cm³/mol. The SMILES string of the molecule is C=C(CCl)COc1ccccc1/C=C/C. The number of ether oxygens (including phenoxy) is 1. The van der Waals surface area contributed by atoms with E-state index in [2.05, 4.69) is 6.58 Å². The van der Waals surface area contributed by atoms with Gasteiger partial charge in [-0.1, -0.05) is 36.9 Å². The van der Waals surface area contributed by atoms with Crippen LogP contribution < -0.4 is 4.74 Å². The summed E-state index contributed by atoms with van der Waals surface area (Å²) in [7, 11) is 0. The number of hydrogen-bond donors (Lipinski definition) is 0. The molecule has 0 unspecified atom stereocenters. The minimum atomic E-state index is 0.436. The van der Waals surface area contributed by atoms with Crippen LogP contribution >= 0.6 is 11.6 Å². The molecule has 0 aliphatic heterocycles. The van der Waals surface area contributed by atoms with Crippen LogP contribution in [0.5, 0.6) is 5.75 Å². The molecule has 0 aliphatic carbocycles. The number of rotatable bonds is 5. The van der Waals surface area contributed by atoms with Crippen molar-refractivity contribution in [2.24, 2.45) is 0 Å². The van der Waals surface area contributed by atoms with Crippen LogP contribution in [0, 0.1) is 0 Å². The summed E-state index contributed by atoms with van der Waals surface area (Å²) in [6, 6.07) is 7.89. The quantitative estimate of drug-likeness (QED) is 0.543. The Labute approximate surface area is 96.0 Å². The Balaban J connectivity index is 2.71. The molecule has 0 aliphatic rings. The van der Waals surface area contributed by atoms with Crippen molar-refractivity contribution in [3.8, 4) is 5.75 Å². The molecule has 0 saturated carbocycles. The number of para-hydroxylation sites is 1. The fourth-order valence-electron chi connectivity index (χ4n) is 1.15. The first-order valence-corrected chi connectivity index (χ1v) is 5.38. The zero-order chi connectivity index (χ0) is 11.1. The van der Waals surface area contributed by atoms with Gasteiger partial charge in [0.25, 0.3) is 0 Å². The van der Waals surface area contributed by atoms with E-state index in [1.165, 1.54) is 0 Å². The van der Waals surface area contributed by atoms with E-state index in [9.17, 15) is 0 Å². The molecule has 0 saturated heterocycles. The summed E-state index contributed by atoms with van der Waals surface area (Å²) in [4.78, 5) is 0. The average Bonchev–Trinajstić information content (AvgIpc) is 2.28. The third-order valence-electron chi connectivity index (χ3n) is 1.89. The molecular formula is C13H15ClO. The lowest BCUT2D eigenvalue weighted by atomic mass is 10.2. The van der Waals surface area contributed by atoms with Gasteiger partial charge in [-0.25, -0.2) is 0 Å². The van der Waals surface area contributed by atoms with Crippen molar-refractivity contribution in [1.82, 2.24) is 0 Å². The Hall–Kier alpha value is -1.21. The minimum absolute atomic E-state index is 0.436. The number of allylic oxidation sites excluding steroid dienone is 1. The van der Waals surface area contributed by atoms with Gasteiger partial charge in [-0.3, -0.25) is 0 Å². The molecule has 1 aromatic rings. The zero-order valence-corrected chi connectivity index (χ0v) is 9.63. The Morgan fingerprint density at radius 2 is 2.20 bits per heavy atom. The second-order valence-electron chi connectivity index (χ2n) is 3.21. The van der Waals surface area contributed by atoms with Crippen LogP contribution in [0.2, 0.25) is 0 Å². The maximum atomic E-state index is 5.63. The second-order valence-corrected chi connectivity index (χ2v) is 3.48. The fraction of sp³-hybridized carbons (Fsp3) is 0.231. The lowest BCUT2D eigenvalue weighted by Gasteiger charge is -2.09. The summed E-state index contributed by atoms with van der Waals surface area (Å²) in [6.07, 6.45) is 4.00. The number of hydrogen-bond acceptors (Lipinski definition) is 1. The normalized spacial score (nSPS) is 10.5. The van der Waals surface area contributed by atoms with Crippen LogP contribution in [-0.2, 0) is 0 Å². The Bertz CT molecular complexity index is 355. The van der Waals surface area contributed by atoms with E-state index >= 15 is 0 Å². The van der Waals surface area contributed by atoms with Gasteiger partial charge in [-0.2, -0.15) is 0 Å². The maximum absolute atomic E-state index is 5.63. The van der Waals surface area contributed by atoms with Crippen molar-refractivity contribution in [1.29, 1.82) is 0 Å². The molecule has 1 aromatic carbocycles. The lowest BCUT2D eigenvalue weighted by molar-refractivity contribution is 0.352. The van der Waals surface area contributed by atoms with Gasteiger partial charge in [0.1, 0.15) is 12.4 Å². The molecule has 0 fully saturated rings. The average molecular weight is 223 g/mol. The molecule has 15 heavy (non-hydrogen) atoms. The van der Waals surface area contributed by atoms with E-state index in [1.807, 2.05) is 43.3 Å². The number of benzene rings is 1. The van der Waals surface area contributed by atoms with Crippen molar-refractivity contribution < 1.29 is 4.74 Å². The van der Waals surface area contributed by atoms with E-state index in [-0.39, 0.29) is 0 Å². The Morgan fingerprint density at radius 3 is 2.87 bits per heavy atom. The molecular weight excluding hydrogens is 208 g/mol. The highest BCUT2D eigenvalue weighted by Gasteiger charge is 1.99. The van der Waals surface area contributed by atoms with Gasteiger partial charge < -0.3 is 4.74 Å². The molecule has 0 amide bonds. The molecule has 0 N–H and O–H groups in total. The lowest BCUT2D eigenvalue weighted by Crippen LogP contribution is -2.02. The highest BCUT2D eigenvalue weighted by Crippen LogP contribution is 2.19. The van der Waals surface area contributed by atoms with Crippen LogP contribution in [0.3, 0.4) is 0 Å². The Morgan fingerprint density at radius 1 is 1.47 bits per heavy atom. The van der Waals surface area contributed by atoms with Gasteiger partial charge in [0.15, 0.2) is 0 Å². The van der Waals surface area contributed by atoms with Crippen molar-refractivity contribution in [3.63, 3.8) is 0 Å². The molecule has 0 heterocycles. The first kappa shape index (κ1) is 11.9. The summed E-state index contributed by atoms with van der Waals surface area (Å²) in [5, 5.41) is 0. The topological polar surface area (TPSA) is 9.23 Å². The van der Waals surface area contributed by atoms with E-state index < -0.39 is 0 Å². The standard InChI is InChI=1S/C13H15ClO/c1-3-6-12-7-4-5-8-13(12)15-10-11(2)9-14/h3-8H,2,9-10H2,1H3/b6-3+. The van der Waals surface area contributed by atoms with Crippen molar-refractivity contribution >= 4 is 17.7 Å². The minimum Gasteiger partial charge on any atom is -0.489 e. The summed E-state index contributed by atoms with van der Waals surface area (Å²) in [6.45, 7) is 6.24. The molecule has 0 bridgehead atoms. The van der Waals surface area contributed by atoms with E-state index in [4.69, 9.17) is 16.3 Å². The molecule has 1 nitrogen and oxygen atoms in total. The van der Waals surface area contributed by atoms with Crippen molar-refractivity contribution in [3.05, 3.63) is 48.1 Å². The van der Waals surface area contributed by atoms with Crippen LogP contribution in [0.25, 0.3) is 6.08 Å². The van der Waals surface area contributed by atoms with Gasteiger partial charge in [0.2, 0.25) is 0 Å². The van der Waals surface area contributed by atoms with Crippen LogP contribution in [0.15, 0.2) is 42.5 Å². The second kappa shape index (κ2) is 6.31. The first-order valence-electron chi connectivity index (χ1n) is 4.85. The third-order valence-corrected chi connectivity index (χ3v) is 2.26. The summed E-state index contributed by atoms with van der Waals surface area (Å²) >= 11 is 5.63. The molecule has 0 spiro atoms. The highest BCUT2D eigenvalue weighted by atomic mass is 35.5. The highest BCUT2D eigenvalue weighted by molar-refractivity contribution is 6.19. The van der Waals surface area contributed by atoms with E-state index in [0.717, 1.165) is 16.9 Å². The molecule has 80 valence electrons. The van der Waals surface area contributed by atoms with E-state index in [0.29, 0.717) is 12.5 Å². The van der Waals surface area contributed by atoms with Crippen LogP contribution in [0.1, 0.15) is 12.5 Å².